The average Bonchev–Trinajstić information content (AvgIpc) is 2.63. The number of aliphatic hydroxyl groups is 3. The number of hydrogen-bond acceptors (Lipinski definition) is 7. The van der Waals surface area contributed by atoms with Crippen molar-refractivity contribution in [2.75, 3.05) is 0 Å². The summed E-state index contributed by atoms with van der Waals surface area (Å²) >= 11 is 0. The lowest BCUT2D eigenvalue weighted by atomic mass is 10.0. The number of allylic oxidation sites excluding steroid dienone is 2. The third kappa shape index (κ3) is 13.7. The van der Waals surface area contributed by atoms with Crippen LogP contribution in [0.1, 0.15) is 52.4 Å². The molecular weight excluding hydrogens is 354 g/mol. The molecule has 27 heavy (non-hydrogen) atoms. The summed E-state index contributed by atoms with van der Waals surface area (Å²) in [7, 11) is 0. The Bertz CT molecular complexity index is 456. The lowest BCUT2D eigenvalue weighted by Gasteiger charge is -2.25. The van der Waals surface area contributed by atoms with Gasteiger partial charge >= 0.3 is 0 Å². The van der Waals surface area contributed by atoms with Crippen LogP contribution < -0.4 is 17.2 Å². The van der Waals surface area contributed by atoms with Crippen LogP contribution in [0.4, 0.5) is 0 Å². The highest BCUT2D eigenvalue weighted by Gasteiger charge is 2.37. The number of rotatable bonds is 13. The summed E-state index contributed by atoms with van der Waals surface area (Å²) in [5, 5.41) is 28.4. The molecule has 0 aromatic rings. The van der Waals surface area contributed by atoms with E-state index in [1.54, 1.807) is 12.3 Å². The number of unbranched alkanes of at least 4 members (excludes halogenated alkanes) is 4. The first kappa shape index (κ1) is 27.1. The van der Waals surface area contributed by atoms with Gasteiger partial charge in [0.1, 0.15) is 12.2 Å². The van der Waals surface area contributed by atoms with Crippen LogP contribution >= 0.6 is 0 Å². The first-order valence-electron chi connectivity index (χ1n) is 9.04. The first-order chi connectivity index (χ1) is 12.7. The predicted molar refractivity (Wildman–Crippen MR) is 103 cm³/mol. The van der Waals surface area contributed by atoms with Crippen LogP contribution in [0.25, 0.3) is 0 Å². The zero-order valence-corrected chi connectivity index (χ0v) is 16.2. The number of hydrogen-bond donors (Lipinski definition) is 6. The van der Waals surface area contributed by atoms with Crippen molar-refractivity contribution in [2.45, 2.75) is 76.8 Å². The van der Waals surface area contributed by atoms with Crippen molar-refractivity contribution in [2.24, 2.45) is 17.2 Å². The zero-order valence-electron chi connectivity index (χ0n) is 16.2. The Morgan fingerprint density at radius 2 is 1.44 bits per heavy atom. The molecule has 0 aliphatic heterocycles. The van der Waals surface area contributed by atoms with E-state index in [0.717, 1.165) is 19.3 Å². The molecule has 0 aliphatic carbocycles. The molecule has 9 nitrogen and oxygen atoms in total. The standard InChI is InChI=1S/C12H22N2O6.C6H13N/c1-2-3-4-5-6-20-10(12(14)19)8(16)7(15)9(17)11(13)18;1-2-3-4-5-6-7/h5-10,15-17H,2-4H2,1H3,(H2,13,18)(H2,14,19);5-6H,2-4,7H2,1H3/b2*6-5+/t7-,8-,9-,10+;/m0./s1. The first-order valence-corrected chi connectivity index (χ1v) is 9.04. The van der Waals surface area contributed by atoms with Gasteiger partial charge in [-0.3, -0.25) is 9.59 Å². The fourth-order valence-corrected chi connectivity index (χ4v) is 1.80. The molecule has 0 bridgehead atoms. The number of carbonyl (C=O) groups excluding carboxylic acids is 2. The Morgan fingerprint density at radius 1 is 0.926 bits per heavy atom. The van der Waals surface area contributed by atoms with Gasteiger partial charge in [-0.1, -0.05) is 39.2 Å². The summed E-state index contributed by atoms with van der Waals surface area (Å²) in [4.78, 5) is 21.9. The van der Waals surface area contributed by atoms with Gasteiger partial charge in [-0.15, -0.1) is 0 Å². The van der Waals surface area contributed by atoms with Crippen LogP contribution in [0, 0.1) is 0 Å². The normalized spacial score (nSPS) is 15.6. The molecule has 158 valence electrons. The molecule has 0 radical (unpaired) electrons. The summed E-state index contributed by atoms with van der Waals surface area (Å²) in [6.07, 6.45) is 5.17. The van der Waals surface area contributed by atoms with Crippen molar-refractivity contribution < 1.29 is 29.6 Å². The molecule has 0 unspecified atom stereocenters. The van der Waals surface area contributed by atoms with Gasteiger partial charge in [0.25, 0.3) is 5.91 Å². The van der Waals surface area contributed by atoms with Crippen molar-refractivity contribution >= 4 is 11.8 Å². The van der Waals surface area contributed by atoms with Crippen molar-refractivity contribution in [1.29, 1.82) is 0 Å². The van der Waals surface area contributed by atoms with Gasteiger partial charge in [0, 0.05) is 0 Å². The summed E-state index contributed by atoms with van der Waals surface area (Å²) < 4.78 is 4.93. The average molecular weight is 389 g/mol. The van der Waals surface area contributed by atoms with Crippen LogP contribution in [0.5, 0.6) is 0 Å². The number of nitrogens with two attached hydrogens (primary N) is 3. The molecule has 9 N–H and O–H groups in total. The SMILES string of the molecule is CCCC/C=C/N.CCCC/C=C/O[C@@H](C(N)=O)[C@@H](O)[C@H](O)[C@H](O)C(N)=O. The minimum absolute atomic E-state index is 0.713. The van der Waals surface area contributed by atoms with Gasteiger partial charge in [0.05, 0.1) is 6.26 Å². The molecular formula is C18H35N3O6. The second kappa shape index (κ2) is 17.3. The zero-order chi connectivity index (χ0) is 21.2. The summed E-state index contributed by atoms with van der Waals surface area (Å²) in [6.45, 7) is 4.18. The van der Waals surface area contributed by atoms with E-state index in [2.05, 4.69) is 6.92 Å². The van der Waals surface area contributed by atoms with E-state index in [4.69, 9.17) is 21.9 Å². The molecule has 2 amide bonds. The number of ether oxygens (including phenoxy) is 1. The maximum absolute atomic E-state index is 11.2. The maximum atomic E-state index is 11.2. The molecule has 0 saturated heterocycles. The topological polar surface area (TPSA) is 182 Å². The van der Waals surface area contributed by atoms with Crippen molar-refractivity contribution in [3.05, 3.63) is 24.6 Å². The van der Waals surface area contributed by atoms with E-state index in [1.165, 1.54) is 19.1 Å². The van der Waals surface area contributed by atoms with E-state index in [0.29, 0.717) is 6.42 Å². The second-order valence-electron chi connectivity index (χ2n) is 5.87. The van der Waals surface area contributed by atoms with E-state index in [9.17, 15) is 24.9 Å². The Kier molecular flexibility index (Phi) is 17.4. The van der Waals surface area contributed by atoms with Gasteiger partial charge < -0.3 is 37.3 Å². The summed E-state index contributed by atoms with van der Waals surface area (Å²) in [6, 6.07) is 0. The van der Waals surface area contributed by atoms with Gasteiger partial charge in [-0.05, 0) is 31.5 Å². The maximum Gasteiger partial charge on any atom is 0.261 e. The molecule has 0 aromatic heterocycles. The Balaban J connectivity index is 0. The Labute approximate surface area is 160 Å². The lowest BCUT2D eigenvalue weighted by Crippen LogP contribution is -2.53. The molecule has 0 heterocycles. The quantitative estimate of drug-likeness (QED) is 0.186. The van der Waals surface area contributed by atoms with Crippen LogP contribution in [-0.4, -0.2) is 51.5 Å². The molecule has 0 aromatic carbocycles. The number of carbonyl (C=O) groups is 2. The van der Waals surface area contributed by atoms with E-state index >= 15 is 0 Å². The predicted octanol–water partition coefficient (Wildman–Crippen LogP) is -0.222. The molecule has 4 atom stereocenters. The van der Waals surface area contributed by atoms with E-state index in [1.807, 2.05) is 13.0 Å². The minimum Gasteiger partial charge on any atom is -0.486 e. The fourth-order valence-electron chi connectivity index (χ4n) is 1.80. The van der Waals surface area contributed by atoms with Crippen molar-refractivity contribution in [3.63, 3.8) is 0 Å². The fraction of sp³-hybridized carbons (Fsp3) is 0.667. The second-order valence-corrected chi connectivity index (χ2v) is 5.87. The molecule has 0 rings (SSSR count). The Hall–Kier alpha value is -2.10. The van der Waals surface area contributed by atoms with Gasteiger partial charge in [0.15, 0.2) is 6.10 Å². The van der Waals surface area contributed by atoms with Crippen molar-refractivity contribution in [1.82, 2.24) is 0 Å². The number of aliphatic hydroxyl groups excluding tert-OH is 3. The molecule has 9 heteroatoms. The van der Waals surface area contributed by atoms with E-state index < -0.39 is 36.2 Å². The lowest BCUT2D eigenvalue weighted by molar-refractivity contribution is -0.152. The highest BCUT2D eigenvalue weighted by atomic mass is 16.5. The smallest absolute Gasteiger partial charge is 0.261 e. The van der Waals surface area contributed by atoms with Gasteiger partial charge in [0.2, 0.25) is 12.0 Å². The highest BCUT2D eigenvalue weighted by Crippen LogP contribution is 2.09. The highest BCUT2D eigenvalue weighted by molar-refractivity contribution is 5.81. The van der Waals surface area contributed by atoms with Crippen molar-refractivity contribution in [3.8, 4) is 0 Å². The van der Waals surface area contributed by atoms with Crippen LogP contribution in [0.2, 0.25) is 0 Å². The summed E-state index contributed by atoms with van der Waals surface area (Å²) in [5.41, 5.74) is 14.9. The largest absolute Gasteiger partial charge is 0.486 e. The van der Waals surface area contributed by atoms with E-state index in [-0.39, 0.29) is 0 Å². The van der Waals surface area contributed by atoms with Gasteiger partial charge in [-0.2, -0.15) is 0 Å². The molecule has 0 fully saturated rings. The third-order valence-electron chi connectivity index (χ3n) is 3.46. The summed E-state index contributed by atoms with van der Waals surface area (Å²) in [5.74, 6) is -2.29. The van der Waals surface area contributed by atoms with Crippen LogP contribution in [-0.2, 0) is 14.3 Å². The molecule has 0 aliphatic rings. The monoisotopic (exact) mass is 389 g/mol. The molecule has 0 spiro atoms. The van der Waals surface area contributed by atoms with Crippen LogP contribution in [0.3, 0.4) is 0 Å². The number of primary amides is 2. The molecule has 0 saturated carbocycles. The Morgan fingerprint density at radius 3 is 1.85 bits per heavy atom. The minimum atomic E-state index is -2.03. The van der Waals surface area contributed by atoms with Gasteiger partial charge in [-0.25, -0.2) is 0 Å². The number of amides is 2. The van der Waals surface area contributed by atoms with Crippen LogP contribution in [0.15, 0.2) is 24.6 Å². The third-order valence-corrected chi connectivity index (χ3v) is 3.46.